The zero-order valence-electron chi connectivity index (χ0n) is 8.95. The van der Waals surface area contributed by atoms with Crippen LogP contribution in [0.15, 0.2) is 30.0 Å². The van der Waals surface area contributed by atoms with Crippen LogP contribution in [0.25, 0.3) is 11.7 Å². The molecule has 2 nitrogen and oxygen atoms in total. The van der Waals surface area contributed by atoms with E-state index in [1.165, 1.54) is 0 Å². The van der Waals surface area contributed by atoms with E-state index in [1.807, 2.05) is 34.9 Å². The fourth-order valence-corrected chi connectivity index (χ4v) is 2.04. The second-order valence-corrected chi connectivity index (χ2v) is 4.13. The third-order valence-electron chi connectivity index (χ3n) is 2.49. The number of rotatable bonds is 3. The maximum absolute atomic E-state index is 6.11. The number of halogens is 2. The first-order valence-electron chi connectivity index (χ1n) is 5.14. The summed E-state index contributed by atoms with van der Waals surface area (Å²) in [5, 5.41) is 0.516. The average molecular weight is 255 g/mol. The molecule has 0 spiro atoms. The standard InChI is InChI=1S/C12H12Cl2N2/c1-2-9(8-13)7-10-12(14)15-11-5-3-4-6-16(10)11/h3-7H,2,8H2,1H3. The molecule has 0 radical (unpaired) electrons. The molecular formula is C12H12Cl2N2. The summed E-state index contributed by atoms with van der Waals surface area (Å²) in [5.74, 6) is 0.521. The van der Waals surface area contributed by atoms with E-state index in [0.717, 1.165) is 23.3 Å². The lowest BCUT2D eigenvalue weighted by Crippen LogP contribution is -1.89. The van der Waals surface area contributed by atoms with Gasteiger partial charge in [0.15, 0.2) is 5.15 Å². The number of pyridine rings is 1. The van der Waals surface area contributed by atoms with E-state index < -0.39 is 0 Å². The molecule has 0 N–H and O–H groups in total. The molecule has 2 aromatic rings. The van der Waals surface area contributed by atoms with Gasteiger partial charge in [-0.1, -0.05) is 30.2 Å². The summed E-state index contributed by atoms with van der Waals surface area (Å²) < 4.78 is 1.96. The maximum atomic E-state index is 6.11. The fraction of sp³-hybridized carbons (Fsp3) is 0.250. The Labute approximate surface area is 105 Å². The number of alkyl halides is 1. The number of aromatic nitrogens is 2. The highest BCUT2D eigenvalue weighted by Gasteiger charge is 2.07. The predicted molar refractivity (Wildman–Crippen MR) is 69.2 cm³/mol. The van der Waals surface area contributed by atoms with Gasteiger partial charge in [0.1, 0.15) is 5.65 Å². The SMILES string of the molecule is CCC(=Cc1c(Cl)nc2ccccn12)CCl. The monoisotopic (exact) mass is 254 g/mol. The van der Waals surface area contributed by atoms with Gasteiger partial charge in [0.2, 0.25) is 0 Å². The number of nitrogens with zero attached hydrogens (tertiary/aromatic N) is 2. The Bertz CT molecular complexity index is 523. The Morgan fingerprint density at radius 2 is 2.31 bits per heavy atom. The largest absolute Gasteiger partial charge is 0.299 e. The minimum absolute atomic E-state index is 0.516. The molecule has 0 atom stereocenters. The molecule has 0 saturated heterocycles. The summed E-state index contributed by atoms with van der Waals surface area (Å²) in [6, 6.07) is 5.82. The summed E-state index contributed by atoms with van der Waals surface area (Å²) in [6.45, 7) is 2.07. The van der Waals surface area contributed by atoms with Crippen molar-refractivity contribution in [3.05, 3.63) is 40.8 Å². The lowest BCUT2D eigenvalue weighted by Gasteiger charge is -2.00. The van der Waals surface area contributed by atoms with Gasteiger partial charge < -0.3 is 0 Å². The molecule has 0 saturated carbocycles. The van der Waals surface area contributed by atoms with Crippen LogP contribution in [0.3, 0.4) is 0 Å². The predicted octanol–water partition coefficient (Wildman–Crippen LogP) is 4.02. The molecule has 84 valence electrons. The highest BCUT2D eigenvalue weighted by Crippen LogP contribution is 2.21. The first kappa shape index (κ1) is 11.5. The van der Waals surface area contributed by atoms with Crippen LogP contribution in [0.4, 0.5) is 0 Å². The van der Waals surface area contributed by atoms with Crippen LogP contribution in [0, 0.1) is 0 Å². The van der Waals surface area contributed by atoms with Crippen LogP contribution in [0.5, 0.6) is 0 Å². The minimum Gasteiger partial charge on any atom is -0.299 e. The van der Waals surface area contributed by atoms with Crippen LogP contribution >= 0.6 is 23.2 Å². The zero-order valence-corrected chi connectivity index (χ0v) is 10.5. The molecule has 0 unspecified atom stereocenters. The molecule has 4 heteroatoms. The topological polar surface area (TPSA) is 17.3 Å². The van der Waals surface area contributed by atoms with E-state index in [4.69, 9.17) is 23.2 Å². The van der Waals surface area contributed by atoms with Crippen molar-refractivity contribution in [2.45, 2.75) is 13.3 Å². The van der Waals surface area contributed by atoms with E-state index in [9.17, 15) is 0 Å². The van der Waals surface area contributed by atoms with E-state index in [1.54, 1.807) is 0 Å². The van der Waals surface area contributed by atoms with Gasteiger partial charge in [0, 0.05) is 12.1 Å². The van der Waals surface area contributed by atoms with Crippen molar-refractivity contribution in [2.24, 2.45) is 0 Å². The lowest BCUT2D eigenvalue weighted by atomic mass is 10.2. The van der Waals surface area contributed by atoms with Gasteiger partial charge >= 0.3 is 0 Å². The van der Waals surface area contributed by atoms with E-state index >= 15 is 0 Å². The van der Waals surface area contributed by atoms with Gasteiger partial charge in [0.25, 0.3) is 0 Å². The molecule has 2 heterocycles. The summed E-state index contributed by atoms with van der Waals surface area (Å²) in [4.78, 5) is 4.28. The van der Waals surface area contributed by atoms with Crippen molar-refractivity contribution < 1.29 is 0 Å². The van der Waals surface area contributed by atoms with Crippen molar-refractivity contribution in [3.63, 3.8) is 0 Å². The lowest BCUT2D eigenvalue weighted by molar-refractivity contribution is 1.10. The molecule has 0 amide bonds. The third kappa shape index (κ3) is 2.08. The number of fused-ring (bicyclic) bond motifs is 1. The van der Waals surface area contributed by atoms with Gasteiger partial charge in [-0.25, -0.2) is 4.98 Å². The quantitative estimate of drug-likeness (QED) is 0.757. The molecule has 0 aliphatic carbocycles. The Morgan fingerprint density at radius 1 is 1.50 bits per heavy atom. The highest BCUT2D eigenvalue weighted by atomic mass is 35.5. The van der Waals surface area contributed by atoms with Crippen LogP contribution in [-0.4, -0.2) is 15.3 Å². The van der Waals surface area contributed by atoms with Crippen LogP contribution in [0.2, 0.25) is 5.15 Å². The Balaban J connectivity index is 2.59. The van der Waals surface area contributed by atoms with E-state index in [-0.39, 0.29) is 0 Å². The smallest absolute Gasteiger partial charge is 0.155 e. The molecule has 0 bridgehead atoms. The fourth-order valence-electron chi connectivity index (χ4n) is 1.54. The first-order chi connectivity index (χ1) is 7.76. The molecular weight excluding hydrogens is 243 g/mol. The molecule has 2 aromatic heterocycles. The van der Waals surface area contributed by atoms with E-state index in [0.29, 0.717) is 11.0 Å². The van der Waals surface area contributed by atoms with Crippen LogP contribution in [0.1, 0.15) is 19.0 Å². The van der Waals surface area contributed by atoms with Gasteiger partial charge in [0.05, 0.1) is 5.69 Å². The summed E-state index contributed by atoms with van der Waals surface area (Å²) >= 11 is 12.0. The Kier molecular flexibility index (Phi) is 3.52. The Hall–Kier alpha value is -0.990. The summed E-state index contributed by atoms with van der Waals surface area (Å²) in [5.41, 5.74) is 2.90. The minimum atomic E-state index is 0.516. The zero-order chi connectivity index (χ0) is 11.5. The molecule has 16 heavy (non-hydrogen) atoms. The molecule has 2 rings (SSSR count). The average Bonchev–Trinajstić information content (AvgIpc) is 2.62. The maximum Gasteiger partial charge on any atom is 0.155 e. The number of hydrogen-bond acceptors (Lipinski definition) is 1. The van der Waals surface area contributed by atoms with Crippen molar-refractivity contribution in [1.82, 2.24) is 9.38 Å². The van der Waals surface area contributed by atoms with Crippen LogP contribution in [-0.2, 0) is 0 Å². The summed E-state index contributed by atoms with van der Waals surface area (Å²) in [7, 11) is 0. The van der Waals surface area contributed by atoms with Crippen molar-refractivity contribution >= 4 is 34.9 Å². The number of imidazole rings is 1. The van der Waals surface area contributed by atoms with Crippen LogP contribution < -0.4 is 0 Å². The molecule has 0 aromatic carbocycles. The molecule has 0 aliphatic heterocycles. The van der Waals surface area contributed by atoms with Crippen molar-refractivity contribution in [3.8, 4) is 0 Å². The number of allylic oxidation sites excluding steroid dienone is 1. The van der Waals surface area contributed by atoms with Crippen molar-refractivity contribution in [2.75, 3.05) is 5.88 Å². The molecule has 0 aliphatic rings. The first-order valence-corrected chi connectivity index (χ1v) is 6.05. The van der Waals surface area contributed by atoms with Gasteiger partial charge in [-0.2, -0.15) is 0 Å². The van der Waals surface area contributed by atoms with Gasteiger partial charge in [-0.3, -0.25) is 4.40 Å². The Morgan fingerprint density at radius 3 is 3.00 bits per heavy atom. The van der Waals surface area contributed by atoms with Crippen molar-refractivity contribution in [1.29, 1.82) is 0 Å². The highest BCUT2D eigenvalue weighted by molar-refractivity contribution is 6.31. The second kappa shape index (κ2) is 4.89. The second-order valence-electron chi connectivity index (χ2n) is 3.51. The van der Waals surface area contributed by atoms with Gasteiger partial charge in [-0.05, 0) is 24.6 Å². The third-order valence-corrected chi connectivity index (χ3v) is 3.11. The number of hydrogen-bond donors (Lipinski definition) is 0. The summed E-state index contributed by atoms with van der Waals surface area (Å²) in [6.07, 6.45) is 4.87. The normalized spacial score (nSPS) is 12.3. The molecule has 0 fully saturated rings. The van der Waals surface area contributed by atoms with E-state index in [2.05, 4.69) is 11.9 Å². The van der Waals surface area contributed by atoms with Gasteiger partial charge in [-0.15, -0.1) is 11.6 Å².